The third kappa shape index (κ3) is 3.81. The van der Waals surface area contributed by atoms with Crippen molar-refractivity contribution in [2.24, 2.45) is 7.05 Å². The highest BCUT2D eigenvalue weighted by Gasteiger charge is 2.39. The summed E-state index contributed by atoms with van der Waals surface area (Å²) in [4.78, 5) is 12.4. The molecule has 0 spiro atoms. The fraction of sp³-hybridized carbons (Fsp3) is 0.111. The third-order valence-corrected chi connectivity index (χ3v) is 3.74. The Morgan fingerprint density at radius 2 is 1.78 bits per heavy atom. The molecule has 1 aromatic heterocycles. The zero-order valence-corrected chi connectivity index (χ0v) is 13.8. The fourth-order valence-corrected chi connectivity index (χ4v) is 2.58. The smallest absolute Gasteiger partial charge is 0.321 e. The van der Waals surface area contributed by atoms with E-state index in [0.717, 1.165) is 29.1 Å². The van der Waals surface area contributed by atoms with Crippen LogP contribution in [0, 0.1) is 11.6 Å². The summed E-state index contributed by atoms with van der Waals surface area (Å²) in [5, 5.41) is 5.59. The summed E-state index contributed by atoms with van der Waals surface area (Å²) >= 11 is 0. The Kier molecular flexibility index (Phi) is 4.69. The van der Waals surface area contributed by atoms with Crippen molar-refractivity contribution in [1.82, 2.24) is 9.78 Å². The van der Waals surface area contributed by atoms with E-state index in [9.17, 15) is 26.7 Å². The summed E-state index contributed by atoms with van der Waals surface area (Å²) in [5.41, 5.74) is -1.99. The number of rotatable bonds is 3. The van der Waals surface area contributed by atoms with Crippen LogP contribution in [-0.2, 0) is 13.2 Å². The van der Waals surface area contributed by atoms with Crippen LogP contribution in [0.25, 0.3) is 11.1 Å². The lowest BCUT2D eigenvalue weighted by atomic mass is 10.0. The Balaban J connectivity index is 2.01. The number of aryl methyl sites for hydroxylation is 1. The number of hydrogen-bond donors (Lipinski definition) is 1. The van der Waals surface area contributed by atoms with Gasteiger partial charge in [-0.25, -0.2) is 8.78 Å². The first-order valence-corrected chi connectivity index (χ1v) is 7.63. The van der Waals surface area contributed by atoms with Gasteiger partial charge in [0.05, 0.1) is 5.56 Å². The molecule has 0 unspecified atom stereocenters. The first-order chi connectivity index (χ1) is 12.7. The number of alkyl halides is 3. The molecular formula is C18H12F5N3O. The van der Waals surface area contributed by atoms with Crippen LogP contribution in [0.4, 0.5) is 27.6 Å². The Hall–Kier alpha value is -3.23. The van der Waals surface area contributed by atoms with Crippen molar-refractivity contribution >= 4 is 11.6 Å². The number of carbonyl (C=O) groups excluding carboxylic acids is 1. The van der Waals surface area contributed by atoms with E-state index >= 15 is 0 Å². The molecule has 9 heteroatoms. The van der Waals surface area contributed by atoms with Crippen molar-refractivity contribution < 1.29 is 26.7 Å². The van der Waals surface area contributed by atoms with Crippen molar-refractivity contribution in [3.05, 3.63) is 71.6 Å². The fourth-order valence-electron chi connectivity index (χ4n) is 2.58. The molecule has 0 aliphatic heterocycles. The average Bonchev–Trinajstić information content (AvgIpc) is 3.00. The topological polar surface area (TPSA) is 46.9 Å². The zero-order chi connectivity index (χ0) is 19.8. The molecule has 1 amide bonds. The molecule has 0 radical (unpaired) electrons. The van der Waals surface area contributed by atoms with Gasteiger partial charge < -0.3 is 5.32 Å². The first kappa shape index (κ1) is 18.6. The van der Waals surface area contributed by atoms with Crippen LogP contribution in [0.3, 0.4) is 0 Å². The molecular weight excluding hydrogens is 369 g/mol. The van der Waals surface area contributed by atoms with Gasteiger partial charge in [0, 0.05) is 30.1 Å². The lowest BCUT2D eigenvalue weighted by molar-refractivity contribution is -0.141. The summed E-state index contributed by atoms with van der Waals surface area (Å²) in [7, 11) is 1.25. The number of benzene rings is 2. The highest BCUT2D eigenvalue weighted by atomic mass is 19.4. The molecule has 3 aromatic rings. The van der Waals surface area contributed by atoms with E-state index in [-0.39, 0.29) is 16.8 Å². The lowest BCUT2D eigenvalue weighted by Gasteiger charge is -2.12. The van der Waals surface area contributed by atoms with Gasteiger partial charge in [-0.15, -0.1) is 0 Å². The van der Waals surface area contributed by atoms with Crippen molar-refractivity contribution in [2.45, 2.75) is 6.18 Å². The summed E-state index contributed by atoms with van der Waals surface area (Å²) in [6.07, 6.45) is -3.88. The maximum absolute atomic E-state index is 14.1. The summed E-state index contributed by atoms with van der Waals surface area (Å²) in [6, 6.07) is 8.62. The SMILES string of the molecule is Cn1cc(C(=O)Nc2ccccc2-c2cc(F)ccc2F)c(C(F)(F)F)n1. The van der Waals surface area contributed by atoms with Crippen molar-refractivity contribution in [2.75, 3.05) is 5.32 Å². The second-order valence-electron chi connectivity index (χ2n) is 5.69. The number of para-hydroxylation sites is 1. The Bertz CT molecular complexity index is 1010. The molecule has 3 rings (SSSR count). The minimum Gasteiger partial charge on any atom is -0.321 e. The number of aromatic nitrogens is 2. The van der Waals surface area contributed by atoms with E-state index < -0.39 is 35.0 Å². The molecule has 1 N–H and O–H groups in total. The number of anilines is 1. The molecule has 0 aliphatic rings. The van der Waals surface area contributed by atoms with E-state index in [4.69, 9.17) is 0 Å². The molecule has 2 aromatic carbocycles. The maximum atomic E-state index is 14.1. The van der Waals surface area contributed by atoms with E-state index in [1.807, 2.05) is 0 Å². The largest absolute Gasteiger partial charge is 0.435 e. The Morgan fingerprint density at radius 1 is 1.07 bits per heavy atom. The standard InChI is InChI=1S/C18H12F5N3O/c1-26-9-13(16(25-26)18(21,22)23)17(27)24-15-5-3-2-4-11(15)12-8-10(19)6-7-14(12)20/h2-9H,1H3,(H,24,27). The normalized spacial score (nSPS) is 11.5. The van der Waals surface area contributed by atoms with Crippen LogP contribution in [0.1, 0.15) is 16.1 Å². The highest BCUT2D eigenvalue weighted by Crippen LogP contribution is 2.33. The second kappa shape index (κ2) is 6.82. The minimum atomic E-state index is -4.82. The van der Waals surface area contributed by atoms with Gasteiger partial charge in [-0.3, -0.25) is 9.48 Å². The van der Waals surface area contributed by atoms with Gasteiger partial charge >= 0.3 is 6.18 Å². The molecule has 0 aliphatic carbocycles. The van der Waals surface area contributed by atoms with Crippen LogP contribution in [0.15, 0.2) is 48.7 Å². The predicted molar refractivity (Wildman–Crippen MR) is 88.0 cm³/mol. The number of carbonyl (C=O) groups is 1. The van der Waals surface area contributed by atoms with Crippen molar-refractivity contribution in [1.29, 1.82) is 0 Å². The molecule has 0 bridgehead atoms. The van der Waals surface area contributed by atoms with Crippen molar-refractivity contribution in [3.63, 3.8) is 0 Å². The second-order valence-corrected chi connectivity index (χ2v) is 5.69. The quantitative estimate of drug-likeness (QED) is 0.672. The van der Waals surface area contributed by atoms with Gasteiger partial charge in [-0.2, -0.15) is 18.3 Å². The van der Waals surface area contributed by atoms with Crippen LogP contribution in [0.2, 0.25) is 0 Å². The Labute approximate surface area is 150 Å². The number of hydrogen-bond acceptors (Lipinski definition) is 2. The molecule has 0 atom stereocenters. The number of nitrogens with one attached hydrogen (secondary N) is 1. The molecule has 27 heavy (non-hydrogen) atoms. The number of halogens is 5. The van der Waals surface area contributed by atoms with Crippen molar-refractivity contribution in [3.8, 4) is 11.1 Å². The molecule has 0 fully saturated rings. The van der Waals surface area contributed by atoms with E-state index in [1.165, 1.54) is 31.3 Å². The van der Waals surface area contributed by atoms with E-state index in [1.54, 1.807) is 0 Å². The highest BCUT2D eigenvalue weighted by molar-refractivity contribution is 6.07. The molecule has 4 nitrogen and oxygen atoms in total. The summed E-state index contributed by atoms with van der Waals surface area (Å²) < 4.78 is 67.6. The Morgan fingerprint density at radius 3 is 2.48 bits per heavy atom. The molecule has 0 saturated heterocycles. The zero-order valence-electron chi connectivity index (χ0n) is 13.8. The molecule has 140 valence electrons. The van der Waals surface area contributed by atoms with E-state index in [2.05, 4.69) is 10.4 Å². The summed E-state index contributed by atoms with van der Waals surface area (Å²) in [6.45, 7) is 0. The van der Waals surface area contributed by atoms with Gasteiger partial charge in [0.15, 0.2) is 5.69 Å². The lowest BCUT2D eigenvalue weighted by Crippen LogP contribution is -2.18. The average molecular weight is 381 g/mol. The van der Waals surface area contributed by atoms with Gasteiger partial charge in [0.25, 0.3) is 5.91 Å². The van der Waals surface area contributed by atoms with Crippen LogP contribution < -0.4 is 5.32 Å². The third-order valence-electron chi connectivity index (χ3n) is 3.74. The molecule has 1 heterocycles. The minimum absolute atomic E-state index is 0.0315. The number of amides is 1. The monoisotopic (exact) mass is 381 g/mol. The van der Waals surface area contributed by atoms with Crippen LogP contribution >= 0.6 is 0 Å². The van der Waals surface area contributed by atoms with Gasteiger partial charge in [-0.1, -0.05) is 18.2 Å². The van der Waals surface area contributed by atoms with E-state index in [0.29, 0.717) is 0 Å². The van der Waals surface area contributed by atoms with Gasteiger partial charge in [0.2, 0.25) is 0 Å². The predicted octanol–water partition coefficient (Wildman–Crippen LogP) is 4.64. The van der Waals surface area contributed by atoms with Gasteiger partial charge in [-0.05, 0) is 24.3 Å². The molecule has 0 saturated carbocycles. The van der Waals surface area contributed by atoms with Crippen LogP contribution in [-0.4, -0.2) is 15.7 Å². The van der Waals surface area contributed by atoms with Crippen LogP contribution in [0.5, 0.6) is 0 Å². The number of nitrogens with zero attached hydrogens (tertiary/aromatic N) is 2. The maximum Gasteiger partial charge on any atom is 0.435 e. The summed E-state index contributed by atoms with van der Waals surface area (Å²) in [5.74, 6) is -2.51. The van der Waals surface area contributed by atoms with Gasteiger partial charge in [0.1, 0.15) is 11.6 Å². The first-order valence-electron chi connectivity index (χ1n) is 7.63.